The lowest BCUT2D eigenvalue weighted by Crippen LogP contribution is -2.28. The fourth-order valence-electron chi connectivity index (χ4n) is 3.05. The molecule has 1 aliphatic rings. The Kier molecular flexibility index (Phi) is 10.1. The van der Waals surface area contributed by atoms with E-state index in [-0.39, 0.29) is 24.3 Å². The summed E-state index contributed by atoms with van der Waals surface area (Å²) in [6.45, 7) is 6.90. The van der Waals surface area contributed by atoms with Crippen molar-refractivity contribution in [3.05, 3.63) is 23.8 Å². The predicted octanol–water partition coefficient (Wildman–Crippen LogP) is 3.44. The molecule has 0 aliphatic carbocycles. The van der Waals surface area contributed by atoms with E-state index >= 15 is 0 Å². The van der Waals surface area contributed by atoms with Crippen molar-refractivity contribution in [3.63, 3.8) is 0 Å². The monoisotopic (exact) mass is 383 g/mol. The number of benzene rings is 1. The molecular weight excluding hydrogens is 354 g/mol. The maximum Gasteiger partial charge on any atom is 0.338 e. The van der Waals surface area contributed by atoms with Crippen LogP contribution in [0, 0.1) is 5.92 Å². The summed E-state index contributed by atoms with van der Waals surface area (Å²) in [5.74, 6) is 0.223. The third-order valence-corrected chi connectivity index (χ3v) is 4.41. The molecule has 1 saturated heterocycles. The topological polar surface area (TPSA) is 79.5 Å². The highest BCUT2D eigenvalue weighted by molar-refractivity contribution is 5.98. The van der Waals surface area contributed by atoms with Crippen LogP contribution in [0.3, 0.4) is 0 Å². The second-order valence-corrected chi connectivity index (χ2v) is 6.29. The summed E-state index contributed by atoms with van der Waals surface area (Å²) in [4.78, 5) is 24.3. The minimum atomic E-state index is -0.379. The molecule has 0 saturated carbocycles. The summed E-state index contributed by atoms with van der Waals surface area (Å²) >= 11 is 0. The van der Waals surface area contributed by atoms with E-state index in [1.807, 2.05) is 6.92 Å². The van der Waals surface area contributed by atoms with Crippen LogP contribution >= 0.6 is 12.4 Å². The number of halogens is 1. The number of anilines is 2. The van der Waals surface area contributed by atoms with Crippen LogP contribution in [-0.4, -0.2) is 38.1 Å². The number of ether oxygens (including phenoxy) is 1. The van der Waals surface area contributed by atoms with Crippen LogP contribution in [-0.2, 0) is 9.53 Å². The maximum atomic E-state index is 12.3. The molecule has 0 atom stereocenters. The molecule has 0 bridgehead atoms. The van der Waals surface area contributed by atoms with Crippen molar-refractivity contribution in [2.45, 2.75) is 39.5 Å². The Bertz CT molecular complexity index is 589. The average molecular weight is 384 g/mol. The second kappa shape index (κ2) is 11.8. The first kappa shape index (κ1) is 22.3. The number of nitrogens with one attached hydrogen (secondary N) is 3. The molecule has 1 aliphatic heterocycles. The number of hydrogen-bond acceptors (Lipinski definition) is 5. The Labute approximate surface area is 161 Å². The Morgan fingerprint density at radius 2 is 1.92 bits per heavy atom. The number of esters is 1. The van der Waals surface area contributed by atoms with Gasteiger partial charge in [-0.15, -0.1) is 12.4 Å². The minimum absolute atomic E-state index is 0. The molecule has 1 aromatic rings. The Morgan fingerprint density at radius 1 is 1.19 bits per heavy atom. The summed E-state index contributed by atoms with van der Waals surface area (Å²) in [5.41, 5.74) is 1.88. The Balaban J connectivity index is 0.00000338. The number of carbonyl (C=O) groups excluding carboxylic acids is 2. The number of rotatable bonds is 8. The first-order valence-corrected chi connectivity index (χ1v) is 9.19. The van der Waals surface area contributed by atoms with Crippen molar-refractivity contribution in [2.75, 3.05) is 36.9 Å². The molecule has 7 heteroatoms. The average Bonchev–Trinajstić information content (AvgIpc) is 2.62. The summed E-state index contributed by atoms with van der Waals surface area (Å²) < 4.78 is 5.04. The van der Waals surface area contributed by atoms with Gasteiger partial charge in [-0.1, -0.05) is 0 Å². The molecule has 1 aromatic carbocycles. The normalized spacial score (nSPS) is 14.2. The summed E-state index contributed by atoms with van der Waals surface area (Å²) in [5, 5.41) is 9.50. The first-order valence-electron chi connectivity index (χ1n) is 9.19. The van der Waals surface area contributed by atoms with Crippen LogP contribution in [0.15, 0.2) is 18.2 Å². The van der Waals surface area contributed by atoms with Crippen molar-refractivity contribution in [3.8, 4) is 0 Å². The molecule has 0 aromatic heterocycles. The smallest absolute Gasteiger partial charge is 0.338 e. The van der Waals surface area contributed by atoms with Crippen molar-refractivity contribution in [1.29, 1.82) is 0 Å². The molecule has 146 valence electrons. The van der Waals surface area contributed by atoms with Gasteiger partial charge in [-0.3, -0.25) is 4.79 Å². The van der Waals surface area contributed by atoms with Crippen LogP contribution in [0.2, 0.25) is 0 Å². The first-order chi connectivity index (χ1) is 12.1. The van der Waals surface area contributed by atoms with Gasteiger partial charge in [0, 0.05) is 13.0 Å². The fourth-order valence-corrected chi connectivity index (χ4v) is 3.05. The SMILES string of the molecule is CCNc1ccc(C(=O)OCC)cc1NC(=O)CCC1CCNCC1.Cl. The van der Waals surface area contributed by atoms with Crippen LogP contribution in [0.25, 0.3) is 0 Å². The molecule has 0 radical (unpaired) electrons. The van der Waals surface area contributed by atoms with Gasteiger partial charge >= 0.3 is 5.97 Å². The fraction of sp³-hybridized carbons (Fsp3) is 0.579. The van der Waals surface area contributed by atoms with Crippen molar-refractivity contribution in [2.24, 2.45) is 5.92 Å². The van der Waals surface area contributed by atoms with E-state index in [1.165, 1.54) is 0 Å². The van der Waals surface area contributed by atoms with E-state index in [4.69, 9.17) is 4.74 Å². The van der Waals surface area contributed by atoms with E-state index in [9.17, 15) is 9.59 Å². The lowest BCUT2D eigenvalue weighted by molar-refractivity contribution is -0.116. The highest BCUT2D eigenvalue weighted by Crippen LogP contribution is 2.25. The quantitative estimate of drug-likeness (QED) is 0.599. The van der Waals surface area contributed by atoms with Gasteiger partial charge in [0.15, 0.2) is 0 Å². The van der Waals surface area contributed by atoms with Gasteiger partial charge in [-0.25, -0.2) is 4.79 Å². The predicted molar refractivity (Wildman–Crippen MR) is 107 cm³/mol. The Morgan fingerprint density at radius 3 is 2.58 bits per heavy atom. The van der Waals surface area contributed by atoms with Gasteiger partial charge in [0.1, 0.15) is 0 Å². The molecule has 3 N–H and O–H groups in total. The maximum absolute atomic E-state index is 12.3. The van der Waals surface area contributed by atoms with Gasteiger partial charge < -0.3 is 20.7 Å². The summed E-state index contributed by atoms with van der Waals surface area (Å²) in [7, 11) is 0. The van der Waals surface area contributed by atoms with E-state index in [0.29, 0.717) is 30.2 Å². The molecule has 1 heterocycles. The third-order valence-electron chi connectivity index (χ3n) is 4.41. The van der Waals surface area contributed by atoms with Crippen LogP contribution in [0.1, 0.15) is 49.9 Å². The van der Waals surface area contributed by atoms with Gasteiger partial charge in [0.25, 0.3) is 0 Å². The second-order valence-electron chi connectivity index (χ2n) is 6.29. The van der Waals surface area contributed by atoms with Crippen molar-refractivity contribution < 1.29 is 14.3 Å². The van der Waals surface area contributed by atoms with Gasteiger partial charge in [-0.05, 0) is 70.3 Å². The van der Waals surface area contributed by atoms with E-state index in [2.05, 4.69) is 16.0 Å². The van der Waals surface area contributed by atoms with Crippen LogP contribution in [0.4, 0.5) is 11.4 Å². The Hall–Kier alpha value is -1.79. The lowest BCUT2D eigenvalue weighted by atomic mass is 9.93. The number of piperidine rings is 1. The van der Waals surface area contributed by atoms with Gasteiger partial charge in [0.2, 0.25) is 5.91 Å². The van der Waals surface area contributed by atoms with E-state index in [0.717, 1.165) is 44.6 Å². The molecular formula is C19H30ClN3O3. The zero-order chi connectivity index (χ0) is 18.1. The zero-order valence-corrected chi connectivity index (χ0v) is 16.4. The highest BCUT2D eigenvalue weighted by Gasteiger charge is 2.16. The third kappa shape index (κ3) is 6.84. The van der Waals surface area contributed by atoms with E-state index < -0.39 is 0 Å². The lowest BCUT2D eigenvalue weighted by Gasteiger charge is -2.22. The summed E-state index contributed by atoms with van der Waals surface area (Å²) in [6, 6.07) is 5.19. The number of amides is 1. The molecule has 1 fully saturated rings. The molecule has 0 unspecified atom stereocenters. The highest BCUT2D eigenvalue weighted by atomic mass is 35.5. The molecule has 26 heavy (non-hydrogen) atoms. The molecule has 2 rings (SSSR count). The van der Waals surface area contributed by atoms with Crippen molar-refractivity contribution in [1.82, 2.24) is 5.32 Å². The largest absolute Gasteiger partial charge is 0.462 e. The van der Waals surface area contributed by atoms with Crippen molar-refractivity contribution >= 4 is 35.7 Å². The molecule has 1 amide bonds. The van der Waals surface area contributed by atoms with E-state index in [1.54, 1.807) is 25.1 Å². The minimum Gasteiger partial charge on any atom is -0.462 e. The van der Waals surface area contributed by atoms with Gasteiger partial charge in [0.05, 0.1) is 23.5 Å². The number of carbonyl (C=O) groups is 2. The zero-order valence-electron chi connectivity index (χ0n) is 15.6. The standard InChI is InChI=1S/C19H29N3O3.ClH/c1-3-21-16-7-6-15(19(24)25-4-2)13-17(16)22-18(23)8-5-14-9-11-20-12-10-14;/h6-7,13-14,20-21H,3-5,8-12H2,1-2H3,(H,22,23);1H. The molecule has 0 spiro atoms. The number of hydrogen-bond donors (Lipinski definition) is 3. The molecule has 6 nitrogen and oxygen atoms in total. The van der Waals surface area contributed by atoms with Crippen LogP contribution in [0.5, 0.6) is 0 Å². The van der Waals surface area contributed by atoms with Crippen LogP contribution < -0.4 is 16.0 Å². The summed E-state index contributed by atoms with van der Waals surface area (Å²) in [6.07, 6.45) is 3.67. The van der Waals surface area contributed by atoms with Gasteiger partial charge in [-0.2, -0.15) is 0 Å².